The summed E-state index contributed by atoms with van der Waals surface area (Å²) < 4.78 is 30.8. The van der Waals surface area contributed by atoms with Crippen molar-refractivity contribution >= 4 is 33.3 Å². The molecule has 1 aromatic heterocycles. The smallest absolute Gasteiger partial charge is 0.244 e. The Balaban J connectivity index is 1.79. The number of carbonyl (C=O) groups excluding carboxylic acids is 1. The molecule has 26 heavy (non-hydrogen) atoms. The van der Waals surface area contributed by atoms with Crippen LogP contribution in [0.3, 0.4) is 0 Å². The second-order valence-corrected chi connectivity index (χ2v) is 8.62. The summed E-state index contributed by atoms with van der Waals surface area (Å²) in [4.78, 5) is 16.8. The molecule has 3 rings (SSSR count). The lowest BCUT2D eigenvalue weighted by molar-refractivity contribution is -0.118. The van der Waals surface area contributed by atoms with Crippen molar-refractivity contribution in [2.24, 2.45) is 0 Å². The molecule has 0 spiro atoms. The summed E-state index contributed by atoms with van der Waals surface area (Å²) in [5, 5.41) is 3.25. The van der Waals surface area contributed by atoms with E-state index in [0.29, 0.717) is 23.8 Å². The minimum absolute atomic E-state index is 0.0590. The number of hydrogen-bond acceptors (Lipinski definition) is 5. The number of pyridine rings is 1. The number of amides is 1. The lowest BCUT2D eigenvalue weighted by Gasteiger charge is -2.25. The van der Waals surface area contributed by atoms with Crippen molar-refractivity contribution in [1.82, 2.24) is 9.29 Å². The molecule has 2 aromatic rings. The van der Waals surface area contributed by atoms with Crippen LogP contribution in [0.15, 0.2) is 41.4 Å². The van der Waals surface area contributed by atoms with Gasteiger partial charge in [0.05, 0.1) is 12.5 Å². The number of nitrogens with one attached hydrogen (secondary N) is 1. The quantitative estimate of drug-likeness (QED) is 0.859. The number of rotatable bonds is 4. The SMILES string of the molecule is CN(C)S(=O)(=O)c1ccc(NC(=O)C2CCOc3ccc(Cl)cc32)nc1. The van der Waals surface area contributed by atoms with Gasteiger partial charge in [-0.1, -0.05) is 11.6 Å². The topological polar surface area (TPSA) is 88.6 Å². The van der Waals surface area contributed by atoms with Crippen LogP contribution in [0.5, 0.6) is 5.75 Å². The first kappa shape index (κ1) is 18.6. The Hall–Kier alpha value is -2.16. The van der Waals surface area contributed by atoms with Gasteiger partial charge in [0.2, 0.25) is 15.9 Å². The number of ether oxygens (including phenoxy) is 1. The second kappa shape index (κ2) is 7.22. The fourth-order valence-corrected chi connectivity index (χ4v) is 3.70. The van der Waals surface area contributed by atoms with Crippen LogP contribution >= 0.6 is 11.6 Å². The molecule has 0 radical (unpaired) electrons. The van der Waals surface area contributed by atoms with Crippen molar-refractivity contribution in [2.75, 3.05) is 26.0 Å². The Morgan fingerprint density at radius 2 is 2.08 bits per heavy atom. The van der Waals surface area contributed by atoms with Gasteiger partial charge < -0.3 is 10.1 Å². The fraction of sp³-hybridized carbons (Fsp3) is 0.294. The molecular formula is C17H18ClN3O4S. The molecule has 0 fully saturated rings. The van der Waals surface area contributed by atoms with E-state index in [-0.39, 0.29) is 16.6 Å². The van der Waals surface area contributed by atoms with E-state index in [1.165, 1.54) is 32.4 Å². The third-order valence-electron chi connectivity index (χ3n) is 4.09. The molecule has 1 unspecified atom stereocenters. The number of fused-ring (bicyclic) bond motifs is 1. The number of benzene rings is 1. The van der Waals surface area contributed by atoms with Crippen molar-refractivity contribution in [1.29, 1.82) is 0 Å². The largest absolute Gasteiger partial charge is 0.493 e. The molecule has 0 aliphatic carbocycles. The summed E-state index contributed by atoms with van der Waals surface area (Å²) in [6, 6.07) is 8.06. The summed E-state index contributed by atoms with van der Waals surface area (Å²) in [6.07, 6.45) is 1.74. The molecular weight excluding hydrogens is 378 g/mol. The van der Waals surface area contributed by atoms with Gasteiger partial charge in [-0.05, 0) is 36.8 Å². The summed E-state index contributed by atoms with van der Waals surface area (Å²) in [6.45, 7) is 0.431. The molecule has 1 aliphatic rings. The summed E-state index contributed by atoms with van der Waals surface area (Å²) in [7, 11) is -0.674. The van der Waals surface area contributed by atoms with Crippen molar-refractivity contribution in [3.8, 4) is 5.75 Å². The van der Waals surface area contributed by atoms with Gasteiger partial charge in [0.25, 0.3) is 0 Å². The van der Waals surface area contributed by atoms with E-state index in [9.17, 15) is 13.2 Å². The van der Waals surface area contributed by atoms with Gasteiger partial charge in [-0.2, -0.15) is 0 Å². The Morgan fingerprint density at radius 3 is 2.73 bits per heavy atom. The monoisotopic (exact) mass is 395 g/mol. The lowest BCUT2D eigenvalue weighted by atomic mass is 9.92. The zero-order valence-corrected chi connectivity index (χ0v) is 15.8. The van der Waals surface area contributed by atoms with Crippen LogP contribution in [-0.2, 0) is 14.8 Å². The number of carbonyl (C=O) groups is 1. The number of anilines is 1. The van der Waals surface area contributed by atoms with Gasteiger partial charge >= 0.3 is 0 Å². The maximum Gasteiger partial charge on any atom is 0.244 e. The van der Waals surface area contributed by atoms with Gasteiger partial charge in [-0.3, -0.25) is 4.79 Å². The van der Waals surface area contributed by atoms with E-state index in [4.69, 9.17) is 16.3 Å². The Morgan fingerprint density at radius 1 is 1.31 bits per heavy atom. The first-order valence-corrected chi connectivity index (χ1v) is 9.72. The van der Waals surface area contributed by atoms with Gasteiger partial charge in [0.1, 0.15) is 16.5 Å². The lowest BCUT2D eigenvalue weighted by Crippen LogP contribution is -2.27. The zero-order valence-electron chi connectivity index (χ0n) is 14.3. The molecule has 1 aliphatic heterocycles. The first-order valence-electron chi connectivity index (χ1n) is 7.91. The van der Waals surface area contributed by atoms with Crippen LogP contribution in [0, 0.1) is 0 Å². The standard InChI is InChI=1S/C17H18ClN3O4S/c1-21(2)26(23,24)12-4-6-16(19-10-12)20-17(22)13-7-8-25-15-5-3-11(18)9-14(13)15/h3-6,9-10,13H,7-8H2,1-2H3,(H,19,20,22). The second-order valence-electron chi connectivity index (χ2n) is 6.03. The number of aromatic nitrogens is 1. The molecule has 0 saturated carbocycles. The van der Waals surface area contributed by atoms with E-state index in [0.717, 1.165) is 9.87 Å². The minimum Gasteiger partial charge on any atom is -0.493 e. The average Bonchev–Trinajstić information content (AvgIpc) is 2.61. The van der Waals surface area contributed by atoms with Crippen molar-refractivity contribution < 1.29 is 17.9 Å². The molecule has 1 aromatic carbocycles. The van der Waals surface area contributed by atoms with E-state index in [1.807, 2.05) is 0 Å². The van der Waals surface area contributed by atoms with Crippen LogP contribution in [0.4, 0.5) is 5.82 Å². The Bertz CT molecular complexity index is 930. The highest BCUT2D eigenvalue weighted by molar-refractivity contribution is 7.89. The number of nitrogens with zero attached hydrogens (tertiary/aromatic N) is 2. The van der Waals surface area contributed by atoms with E-state index < -0.39 is 15.9 Å². The zero-order chi connectivity index (χ0) is 18.9. The van der Waals surface area contributed by atoms with Gasteiger partial charge in [0.15, 0.2) is 0 Å². The van der Waals surface area contributed by atoms with E-state index in [2.05, 4.69) is 10.3 Å². The highest BCUT2D eigenvalue weighted by Crippen LogP contribution is 2.36. The van der Waals surface area contributed by atoms with Crippen LogP contribution < -0.4 is 10.1 Å². The summed E-state index contributed by atoms with van der Waals surface area (Å²) >= 11 is 6.03. The van der Waals surface area contributed by atoms with Gasteiger partial charge in [-0.15, -0.1) is 0 Å². The van der Waals surface area contributed by atoms with Crippen LogP contribution in [0.25, 0.3) is 0 Å². The first-order chi connectivity index (χ1) is 12.3. The maximum atomic E-state index is 12.7. The highest BCUT2D eigenvalue weighted by atomic mass is 35.5. The minimum atomic E-state index is -3.56. The maximum absolute atomic E-state index is 12.7. The number of hydrogen-bond donors (Lipinski definition) is 1. The molecule has 1 N–H and O–H groups in total. The third-order valence-corrected chi connectivity index (χ3v) is 6.13. The fourth-order valence-electron chi connectivity index (χ4n) is 2.67. The van der Waals surface area contributed by atoms with Crippen molar-refractivity contribution in [3.05, 3.63) is 47.1 Å². The Labute approximate surface area is 157 Å². The molecule has 9 heteroatoms. The van der Waals surface area contributed by atoms with Crippen molar-refractivity contribution in [3.63, 3.8) is 0 Å². The van der Waals surface area contributed by atoms with Gasteiger partial charge in [-0.25, -0.2) is 17.7 Å². The molecule has 0 saturated heterocycles. The predicted molar refractivity (Wildman–Crippen MR) is 98.0 cm³/mol. The molecule has 1 amide bonds. The van der Waals surface area contributed by atoms with Crippen molar-refractivity contribution in [2.45, 2.75) is 17.2 Å². The van der Waals surface area contributed by atoms with Gasteiger partial charge in [0, 0.05) is 30.9 Å². The van der Waals surface area contributed by atoms with E-state index >= 15 is 0 Å². The molecule has 7 nitrogen and oxygen atoms in total. The molecule has 2 heterocycles. The molecule has 1 atom stereocenters. The van der Waals surface area contributed by atoms with Crippen LogP contribution in [-0.4, -0.2) is 44.3 Å². The predicted octanol–water partition coefficient (Wildman–Crippen LogP) is 2.49. The Kier molecular flexibility index (Phi) is 5.17. The van der Waals surface area contributed by atoms with Crippen LogP contribution in [0.2, 0.25) is 5.02 Å². The summed E-state index contributed by atoms with van der Waals surface area (Å²) in [5.74, 6) is 0.265. The van der Waals surface area contributed by atoms with E-state index in [1.54, 1.807) is 18.2 Å². The van der Waals surface area contributed by atoms with Crippen LogP contribution in [0.1, 0.15) is 17.9 Å². The normalized spacial score (nSPS) is 16.7. The number of sulfonamides is 1. The third kappa shape index (κ3) is 3.67. The number of halogens is 1. The average molecular weight is 396 g/mol. The molecule has 138 valence electrons. The molecule has 0 bridgehead atoms. The highest BCUT2D eigenvalue weighted by Gasteiger charge is 2.28. The summed E-state index contributed by atoms with van der Waals surface area (Å²) in [5.41, 5.74) is 0.730.